The van der Waals surface area contributed by atoms with E-state index in [0.29, 0.717) is 6.42 Å². The van der Waals surface area contributed by atoms with Crippen molar-refractivity contribution in [1.29, 1.82) is 0 Å². The van der Waals surface area contributed by atoms with Gasteiger partial charge in [0, 0.05) is 13.0 Å². The molecule has 0 fully saturated rings. The topological polar surface area (TPSA) is 40.5 Å². The minimum absolute atomic E-state index is 0.000597. The van der Waals surface area contributed by atoms with Crippen molar-refractivity contribution in [3.63, 3.8) is 0 Å². The van der Waals surface area contributed by atoms with Crippen LogP contribution in [0.25, 0.3) is 0 Å². The Morgan fingerprint density at radius 1 is 1.00 bits per heavy atom. The van der Waals surface area contributed by atoms with E-state index in [4.69, 9.17) is 5.11 Å². The van der Waals surface area contributed by atoms with E-state index in [2.05, 4.69) is 6.92 Å². The van der Waals surface area contributed by atoms with Gasteiger partial charge in [0.1, 0.15) is 0 Å². The van der Waals surface area contributed by atoms with Crippen molar-refractivity contribution in [2.24, 2.45) is 0 Å². The highest BCUT2D eigenvalue weighted by atomic mass is 19.3. The van der Waals surface area contributed by atoms with Crippen molar-refractivity contribution in [2.75, 3.05) is 19.7 Å². The standard InChI is InChI=1S/C16H31F2NO2/c1-2-3-4-5-6-7-8-9-10-11-16(21)19(12-13-20)14-15(17)18/h15,20H,2-14H2,1H3. The molecule has 0 aliphatic heterocycles. The molecule has 0 aromatic carbocycles. The number of nitrogens with zero attached hydrogens (tertiary/aromatic N) is 1. The number of hydrogen-bond acceptors (Lipinski definition) is 2. The third kappa shape index (κ3) is 12.7. The second-order valence-corrected chi connectivity index (χ2v) is 5.53. The molecule has 0 radical (unpaired) electrons. The van der Waals surface area contributed by atoms with E-state index in [1.165, 1.54) is 38.5 Å². The lowest BCUT2D eigenvalue weighted by Gasteiger charge is -2.21. The van der Waals surface area contributed by atoms with Gasteiger partial charge in [-0.05, 0) is 6.42 Å². The molecule has 0 unspecified atom stereocenters. The number of carbonyl (C=O) groups excluding carboxylic acids is 1. The first-order chi connectivity index (χ1) is 10.1. The smallest absolute Gasteiger partial charge is 0.255 e. The molecule has 126 valence electrons. The minimum Gasteiger partial charge on any atom is -0.395 e. The second-order valence-electron chi connectivity index (χ2n) is 5.53. The highest BCUT2D eigenvalue weighted by Gasteiger charge is 2.16. The Labute approximate surface area is 127 Å². The molecule has 21 heavy (non-hydrogen) atoms. The van der Waals surface area contributed by atoms with E-state index in [0.717, 1.165) is 24.2 Å². The quantitative estimate of drug-likeness (QED) is 0.493. The zero-order valence-corrected chi connectivity index (χ0v) is 13.3. The predicted molar refractivity (Wildman–Crippen MR) is 81.5 cm³/mol. The van der Waals surface area contributed by atoms with Crippen LogP contribution in [0, 0.1) is 0 Å². The maximum atomic E-state index is 12.3. The maximum Gasteiger partial charge on any atom is 0.255 e. The summed E-state index contributed by atoms with van der Waals surface area (Å²) in [4.78, 5) is 12.8. The van der Waals surface area contributed by atoms with Gasteiger partial charge in [-0.3, -0.25) is 4.79 Å². The molecule has 0 aromatic heterocycles. The summed E-state index contributed by atoms with van der Waals surface area (Å²) in [5.74, 6) is -0.271. The number of rotatable bonds is 14. The molecular formula is C16H31F2NO2. The lowest BCUT2D eigenvalue weighted by atomic mass is 10.1. The van der Waals surface area contributed by atoms with Crippen molar-refractivity contribution in [3.05, 3.63) is 0 Å². The number of halogens is 2. The summed E-state index contributed by atoms with van der Waals surface area (Å²) in [6.07, 6.45) is 8.18. The van der Waals surface area contributed by atoms with Gasteiger partial charge in [-0.2, -0.15) is 0 Å². The van der Waals surface area contributed by atoms with E-state index in [9.17, 15) is 13.6 Å². The Morgan fingerprint density at radius 3 is 2.00 bits per heavy atom. The number of carbonyl (C=O) groups is 1. The van der Waals surface area contributed by atoms with Crippen molar-refractivity contribution < 1.29 is 18.7 Å². The van der Waals surface area contributed by atoms with Crippen molar-refractivity contribution >= 4 is 5.91 Å². The van der Waals surface area contributed by atoms with Gasteiger partial charge in [0.05, 0.1) is 13.2 Å². The Morgan fingerprint density at radius 2 is 1.52 bits per heavy atom. The van der Waals surface area contributed by atoms with Crippen LogP contribution in [0.1, 0.15) is 71.1 Å². The third-order valence-corrected chi connectivity index (χ3v) is 3.58. The average Bonchev–Trinajstić information content (AvgIpc) is 2.44. The largest absolute Gasteiger partial charge is 0.395 e. The molecule has 0 aliphatic rings. The molecule has 0 saturated carbocycles. The summed E-state index contributed by atoms with van der Waals surface area (Å²) in [5.41, 5.74) is 0. The Hall–Kier alpha value is -0.710. The first-order valence-electron chi connectivity index (χ1n) is 8.28. The molecule has 0 spiro atoms. The van der Waals surface area contributed by atoms with E-state index < -0.39 is 13.0 Å². The van der Waals surface area contributed by atoms with Gasteiger partial charge in [0.15, 0.2) is 0 Å². The summed E-state index contributed by atoms with van der Waals surface area (Å²) >= 11 is 0. The van der Waals surface area contributed by atoms with Gasteiger partial charge in [-0.15, -0.1) is 0 Å². The van der Waals surface area contributed by atoms with Gasteiger partial charge >= 0.3 is 0 Å². The fourth-order valence-corrected chi connectivity index (χ4v) is 2.35. The monoisotopic (exact) mass is 307 g/mol. The lowest BCUT2D eigenvalue weighted by Crippen LogP contribution is -2.37. The van der Waals surface area contributed by atoms with Crippen LogP contribution in [0.2, 0.25) is 0 Å². The van der Waals surface area contributed by atoms with Gasteiger partial charge < -0.3 is 10.0 Å². The number of aliphatic hydroxyl groups is 1. The van der Waals surface area contributed by atoms with Gasteiger partial charge in [-0.25, -0.2) is 8.78 Å². The molecule has 0 aromatic rings. The zero-order valence-electron chi connectivity index (χ0n) is 13.3. The number of amides is 1. The molecule has 0 saturated heterocycles. The Balaban J connectivity index is 3.58. The SMILES string of the molecule is CCCCCCCCCCCC(=O)N(CCO)CC(F)F. The van der Waals surface area contributed by atoms with E-state index in [1.807, 2.05) is 0 Å². The van der Waals surface area contributed by atoms with E-state index >= 15 is 0 Å². The zero-order chi connectivity index (χ0) is 15.9. The van der Waals surface area contributed by atoms with Crippen LogP contribution < -0.4 is 0 Å². The van der Waals surface area contributed by atoms with Crippen LogP contribution in [0.4, 0.5) is 8.78 Å². The fraction of sp³-hybridized carbons (Fsp3) is 0.938. The molecule has 0 atom stereocenters. The van der Waals surface area contributed by atoms with Gasteiger partial charge in [0.2, 0.25) is 5.91 Å². The highest BCUT2D eigenvalue weighted by molar-refractivity contribution is 5.76. The number of unbranched alkanes of at least 4 members (excludes halogenated alkanes) is 8. The van der Waals surface area contributed by atoms with E-state index in [-0.39, 0.29) is 19.1 Å². The number of hydrogen-bond donors (Lipinski definition) is 1. The van der Waals surface area contributed by atoms with Crippen LogP contribution in [-0.2, 0) is 4.79 Å². The van der Waals surface area contributed by atoms with Crippen LogP contribution >= 0.6 is 0 Å². The van der Waals surface area contributed by atoms with Crippen LogP contribution in [0.3, 0.4) is 0 Å². The molecule has 0 aliphatic carbocycles. The first kappa shape index (κ1) is 20.3. The van der Waals surface area contributed by atoms with Gasteiger partial charge in [0.25, 0.3) is 6.43 Å². The summed E-state index contributed by atoms with van der Waals surface area (Å²) in [5, 5.41) is 8.79. The van der Waals surface area contributed by atoms with E-state index in [1.54, 1.807) is 0 Å². The first-order valence-corrected chi connectivity index (χ1v) is 8.28. The van der Waals surface area contributed by atoms with Crippen LogP contribution in [0.5, 0.6) is 0 Å². The number of alkyl halides is 2. The van der Waals surface area contributed by atoms with Gasteiger partial charge in [-0.1, -0.05) is 58.3 Å². The minimum atomic E-state index is -2.54. The molecule has 3 nitrogen and oxygen atoms in total. The van der Waals surface area contributed by atoms with Crippen molar-refractivity contribution in [3.8, 4) is 0 Å². The highest BCUT2D eigenvalue weighted by Crippen LogP contribution is 2.11. The Bertz CT molecular complexity index is 250. The molecular weight excluding hydrogens is 276 g/mol. The molecule has 1 N–H and O–H groups in total. The molecule has 1 amide bonds. The fourth-order valence-electron chi connectivity index (χ4n) is 2.35. The molecule has 0 rings (SSSR count). The summed E-state index contributed by atoms with van der Waals surface area (Å²) in [7, 11) is 0. The lowest BCUT2D eigenvalue weighted by molar-refractivity contribution is -0.133. The summed E-state index contributed by atoms with van der Waals surface area (Å²) in [6.45, 7) is 1.36. The second kappa shape index (κ2) is 14.2. The normalized spacial score (nSPS) is 11.1. The van der Waals surface area contributed by atoms with Crippen LogP contribution in [0.15, 0.2) is 0 Å². The molecule has 0 bridgehead atoms. The number of aliphatic hydroxyl groups excluding tert-OH is 1. The van der Waals surface area contributed by atoms with Crippen molar-refractivity contribution in [2.45, 2.75) is 77.6 Å². The maximum absolute atomic E-state index is 12.3. The third-order valence-electron chi connectivity index (χ3n) is 3.58. The summed E-state index contributed by atoms with van der Waals surface area (Å²) in [6, 6.07) is 0. The molecule has 0 heterocycles. The Kier molecular flexibility index (Phi) is 13.8. The summed E-state index contributed by atoms with van der Waals surface area (Å²) < 4.78 is 24.6. The van der Waals surface area contributed by atoms with Crippen LogP contribution in [-0.4, -0.2) is 42.0 Å². The molecule has 5 heteroatoms. The van der Waals surface area contributed by atoms with Crippen molar-refractivity contribution in [1.82, 2.24) is 4.90 Å². The average molecular weight is 307 g/mol. The predicted octanol–water partition coefficient (Wildman–Crippen LogP) is 3.99.